The third-order valence-electron chi connectivity index (χ3n) is 4.24. The molecular weight excluding hydrogens is 321 g/mol. The van der Waals surface area contributed by atoms with Gasteiger partial charge in [-0.3, -0.25) is 4.90 Å². The molecule has 7 heteroatoms. The molecule has 2 N–H and O–H groups in total. The summed E-state index contributed by atoms with van der Waals surface area (Å²) in [7, 11) is 0. The van der Waals surface area contributed by atoms with E-state index < -0.39 is 12.8 Å². The number of likely N-dealkylation sites (tertiary alicyclic amines) is 1. The van der Waals surface area contributed by atoms with Crippen molar-refractivity contribution in [2.75, 3.05) is 32.8 Å². The van der Waals surface area contributed by atoms with Gasteiger partial charge in [0, 0.05) is 13.1 Å². The molecule has 0 amide bonds. The molecule has 1 saturated heterocycles. The van der Waals surface area contributed by atoms with Gasteiger partial charge in [0.05, 0.1) is 6.61 Å². The fourth-order valence-electron chi connectivity index (χ4n) is 2.88. The summed E-state index contributed by atoms with van der Waals surface area (Å²) in [5, 5.41) is 0. The van der Waals surface area contributed by atoms with Gasteiger partial charge in [-0.05, 0) is 49.5 Å². The van der Waals surface area contributed by atoms with Gasteiger partial charge in [-0.1, -0.05) is 13.0 Å². The first-order valence-electron chi connectivity index (χ1n) is 8.12. The number of hydrogen-bond acceptors (Lipinski definition) is 4. The summed E-state index contributed by atoms with van der Waals surface area (Å²) in [6.07, 6.45) is -3.32. The van der Waals surface area contributed by atoms with Crippen LogP contribution < -0.4 is 15.2 Å². The van der Waals surface area contributed by atoms with Crippen molar-refractivity contribution in [1.29, 1.82) is 0 Å². The van der Waals surface area contributed by atoms with E-state index in [1.165, 1.54) is 0 Å². The van der Waals surface area contributed by atoms with Gasteiger partial charge in [-0.25, -0.2) is 0 Å². The molecule has 1 aliphatic rings. The average molecular weight is 346 g/mol. The van der Waals surface area contributed by atoms with Crippen LogP contribution in [-0.4, -0.2) is 43.9 Å². The Morgan fingerprint density at radius 2 is 2.00 bits per heavy atom. The lowest BCUT2D eigenvalue weighted by molar-refractivity contribution is -0.153. The van der Waals surface area contributed by atoms with Crippen molar-refractivity contribution < 1.29 is 22.6 Å². The second-order valence-electron chi connectivity index (χ2n) is 6.59. The molecule has 2 rings (SSSR count). The first kappa shape index (κ1) is 18.9. The first-order valence-corrected chi connectivity index (χ1v) is 8.12. The van der Waals surface area contributed by atoms with E-state index in [0.717, 1.165) is 31.6 Å². The first-order chi connectivity index (χ1) is 11.2. The lowest BCUT2D eigenvalue weighted by Gasteiger charge is -2.23. The topological polar surface area (TPSA) is 47.7 Å². The smallest absolute Gasteiger partial charge is 0.422 e. The van der Waals surface area contributed by atoms with Gasteiger partial charge < -0.3 is 15.2 Å². The molecule has 1 fully saturated rings. The normalized spacial score (nSPS) is 21.9. The zero-order chi connectivity index (χ0) is 17.8. The Hall–Kier alpha value is -1.47. The largest absolute Gasteiger partial charge is 0.490 e. The number of ether oxygens (including phenoxy) is 2. The quantitative estimate of drug-likeness (QED) is 0.824. The van der Waals surface area contributed by atoms with E-state index in [9.17, 15) is 13.2 Å². The third-order valence-corrected chi connectivity index (χ3v) is 4.24. The summed E-state index contributed by atoms with van der Waals surface area (Å²) in [4.78, 5) is 2.30. The van der Waals surface area contributed by atoms with Crippen LogP contribution in [0.5, 0.6) is 11.5 Å². The second-order valence-corrected chi connectivity index (χ2v) is 6.59. The van der Waals surface area contributed by atoms with Crippen LogP contribution in [0.1, 0.15) is 25.8 Å². The maximum atomic E-state index is 12.3. The zero-order valence-corrected chi connectivity index (χ0v) is 14.2. The highest BCUT2D eigenvalue weighted by atomic mass is 19.4. The molecular formula is C17H25F3N2O2. The molecule has 0 aliphatic carbocycles. The van der Waals surface area contributed by atoms with Crippen LogP contribution in [0, 0.1) is 5.41 Å². The highest BCUT2D eigenvalue weighted by molar-refractivity contribution is 5.43. The summed E-state index contributed by atoms with van der Waals surface area (Å²) in [6, 6.07) is 5.09. The minimum Gasteiger partial charge on any atom is -0.490 e. The maximum absolute atomic E-state index is 12.3. The lowest BCUT2D eigenvalue weighted by atomic mass is 9.90. The van der Waals surface area contributed by atoms with Crippen LogP contribution in [-0.2, 0) is 6.54 Å². The predicted octanol–water partition coefficient (Wildman–Crippen LogP) is 3.20. The molecule has 24 heavy (non-hydrogen) atoms. The molecule has 136 valence electrons. The number of benzene rings is 1. The predicted molar refractivity (Wildman–Crippen MR) is 86.2 cm³/mol. The Morgan fingerprint density at radius 1 is 1.25 bits per heavy atom. The standard InChI is InChI=1S/C17H25F3N2O2/c1-3-23-15-8-13(4-5-14(15)24-12-17(18,19)20)9-22-7-6-16(2,10-21)11-22/h4-5,8H,3,6-7,9-12,21H2,1-2H3. The van der Waals surface area contributed by atoms with Gasteiger partial charge in [0.15, 0.2) is 18.1 Å². The van der Waals surface area contributed by atoms with Gasteiger partial charge in [0.25, 0.3) is 0 Å². The van der Waals surface area contributed by atoms with Crippen molar-refractivity contribution in [3.63, 3.8) is 0 Å². The number of nitrogens with zero attached hydrogens (tertiary/aromatic N) is 1. The Kier molecular flexibility index (Phi) is 5.98. The van der Waals surface area contributed by atoms with Crippen molar-refractivity contribution in [2.45, 2.75) is 33.0 Å². The van der Waals surface area contributed by atoms with Crippen molar-refractivity contribution in [3.05, 3.63) is 23.8 Å². The maximum Gasteiger partial charge on any atom is 0.422 e. The fraction of sp³-hybridized carbons (Fsp3) is 0.647. The molecule has 0 saturated carbocycles. The summed E-state index contributed by atoms with van der Waals surface area (Å²) >= 11 is 0. The van der Waals surface area contributed by atoms with Gasteiger partial charge >= 0.3 is 6.18 Å². The summed E-state index contributed by atoms with van der Waals surface area (Å²) < 4.78 is 47.3. The number of alkyl halides is 3. The van der Waals surface area contributed by atoms with E-state index in [1.54, 1.807) is 25.1 Å². The minimum atomic E-state index is -4.37. The molecule has 0 radical (unpaired) electrons. The highest BCUT2D eigenvalue weighted by Gasteiger charge is 2.32. The van der Waals surface area contributed by atoms with Crippen molar-refractivity contribution in [1.82, 2.24) is 4.90 Å². The van der Waals surface area contributed by atoms with Crippen LogP contribution in [0.2, 0.25) is 0 Å². The van der Waals surface area contributed by atoms with Crippen molar-refractivity contribution in [3.8, 4) is 11.5 Å². The van der Waals surface area contributed by atoms with Crippen molar-refractivity contribution in [2.24, 2.45) is 11.1 Å². The molecule has 4 nitrogen and oxygen atoms in total. The summed E-state index contributed by atoms with van der Waals surface area (Å²) in [5.41, 5.74) is 6.94. The fourth-order valence-corrected chi connectivity index (χ4v) is 2.88. The molecule has 1 aliphatic heterocycles. The molecule has 0 spiro atoms. The molecule has 0 aromatic heterocycles. The molecule has 1 aromatic rings. The van der Waals surface area contributed by atoms with Crippen LogP contribution in [0.4, 0.5) is 13.2 Å². The monoisotopic (exact) mass is 346 g/mol. The van der Waals surface area contributed by atoms with Gasteiger partial charge in [-0.2, -0.15) is 13.2 Å². The molecule has 1 atom stereocenters. The van der Waals surface area contributed by atoms with Crippen molar-refractivity contribution >= 4 is 0 Å². The number of hydrogen-bond donors (Lipinski definition) is 1. The molecule has 1 aromatic carbocycles. The zero-order valence-electron chi connectivity index (χ0n) is 14.2. The summed E-state index contributed by atoms with van der Waals surface area (Å²) in [5.74, 6) is 0.464. The van der Waals surface area contributed by atoms with E-state index in [2.05, 4.69) is 11.8 Å². The van der Waals surface area contributed by atoms with E-state index >= 15 is 0 Å². The molecule has 0 bridgehead atoms. The van der Waals surface area contributed by atoms with E-state index in [-0.39, 0.29) is 11.2 Å². The lowest BCUT2D eigenvalue weighted by Crippen LogP contribution is -2.31. The van der Waals surface area contributed by atoms with E-state index in [4.69, 9.17) is 15.2 Å². The number of nitrogens with two attached hydrogens (primary N) is 1. The Morgan fingerprint density at radius 3 is 2.58 bits per heavy atom. The Bertz CT molecular complexity index is 551. The van der Waals surface area contributed by atoms with E-state index in [0.29, 0.717) is 18.9 Å². The van der Waals surface area contributed by atoms with Crippen LogP contribution in [0.25, 0.3) is 0 Å². The van der Waals surface area contributed by atoms with Crippen LogP contribution in [0.3, 0.4) is 0 Å². The van der Waals surface area contributed by atoms with Gasteiger partial charge in [0.2, 0.25) is 0 Å². The van der Waals surface area contributed by atoms with Crippen LogP contribution >= 0.6 is 0 Å². The third kappa shape index (κ3) is 5.27. The summed E-state index contributed by atoms with van der Waals surface area (Å²) in [6.45, 7) is 6.24. The second kappa shape index (κ2) is 7.61. The average Bonchev–Trinajstić information content (AvgIpc) is 2.88. The molecule has 1 unspecified atom stereocenters. The number of halogens is 3. The number of rotatable bonds is 7. The van der Waals surface area contributed by atoms with Gasteiger partial charge in [0.1, 0.15) is 0 Å². The SMILES string of the molecule is CCOc1cc(CN2CCC(C)(CN)C2)ccc1OCC(F)(F)F. The van der Waals surface area contributed by atoms with Gasteiger partial charge in [-0.15, -0.1) is 0 Å². The Balaban J connectivity index is 2.05. The molecule has 1 heterocycles. The Labute approximate surface area is 140 Å². The van der Waals surface area contributed by atoms with Crippen LogP contribution in [0.15, 0.2) is 18.2 Å². The highest BCUT2D eigenvalue weighted by Crippen LogP contribution is 2.33. The van der Waals surface area contributed by atoms with E-state index in [1.807, 2.05) is 0 Å². The minimum absolute atomic E-state index is 0.117.